The number of hydrogen-bond acceptors (Lipinski definition) is 8. The van der Waals surface area contributed by atoms with Crippen molar-refractivity contribution in [2.45, 2.75) is 5.16 Å². The molecule has 0 atom stereocenters. The van der Waals surface area contributed by atoms with E-state index in [2.05, 4.69) is 25.7 Å². The third-order valence-corrected chi connectivity index (χ3v) is 5.68. The lowest BCUT2D eigenvalue weighted by molar-refractivity contribution is -0.118. The fourth-order valence-electron chi connectivity index (χ4n) is 3.05. The Labute approximate surface area is 200 Å². The fraction of sp³-hybridized carbons (Fsp3) is 0.125. The predicted octanol–water partition coefficient (Wildman–Crippen LogP) is 3.59. The lowest BCUT2D eigenvalue weighted by Gasteiger charge is -2.11. The molecule has 0 aliphatic heterocycles. The van der Waals surface area contributed by atoms with E-state index in [9.17, 15) is 4.79 Å². The smallest absolute Gasteiger partial charge is 0.250 e. The van der Waals surface area contributed by atoms with Gasteiger partial charge in [-0.25, -0.2) is 5.43 Å². The zero-order chi connectivity index (χ0) is 23.8. The first-order valence-electron chi connectivity index (χ1n) is 10.3. The number of methoxy groups -OCH3 is 2. The number of nitrogens with one attached hydrogen (secondary N) is 1. The Bertz CT molecular complexity index is 1260. The van der Waals surface area contributed by atoms with Crippen LogP contribution in [0.4, 0.5) is 0 Å². The zero-order valence-corrected chi connectivity index (χ0v) is 19.4. The zero-order valence-electron chi connectivity index (χ0n) is 18.6. The van der Waals surface area contributed by atoms with Crippen LogP contribution in [0.2, 0.25) is 0 Å². The van der Waals surface area contributed by atoms with Crippen LogP contribution in [-0.4, -0.2) is 51.8 Å². The number of hydrazone groups is 1. The molecule has 34 heavy (non-hydrogen) atoms. The standard InChI is InChI=1S/C24H22N6O3S/c1-32-20-7-3-18(4-8-20)23-28-29-24(30(23)19-5-9-21(33-2)10-6-19)34-16-22(31)27-26-15-17-11-13-25-14-12-17/h3-15H,16H2,1-2H3,(H,27,31)/b26-15-. The Balaban J connectivity index is 1.54. The van der Waals surface area contributed by atoms with Gasteiger partial charge in [0, 0.05) is 23.6 Å². The second-order valence-electron chi connectivity index (χ2n) is 6.93. The summed E-state index contributed by atoms with van der Waals surface area (Å²) < 4.78 is 12.4. The Hall–Kier alpha value is -4.18. The average molecular weight is 475 g/mol. The Kier molecular flexibility index (Phi) is 7.51. The molecular weight excluding hydrogens is 452 g/mol. The number of ether oxygens (including phenoxy) is 2. The highest BCUT2D eigenvalue weighted by atomic mass is 32.2. The van der Waals surface area contributed by atoms with Gasteiger partial charge >= 0.3 is 0 Å². The molecule has 0 aliphatic rings. The molecule has 0 radical (unpaired) electrons. The van der Waals surface area contributed by atoms with Crippen LogP contribution in [0.5, 0.6) is 11.5 Å². The topological polar surface area (TPSA) is 104 Å². The summed E-state index contributed by atoms with van der Waals surface area (Å²) >= 11 is 1.27. The van der Waals surface area contributed by atoms with Gasteiger partial charge in [0.2, 0.25) is 0 Å². The number of thioether (sulfide) groups is 1. The first-order chi connectivity index (χ1) is 16.7. The van der Waals surface area contributed by atoms with E-state index in [0.29, 0.717) is 11.0 Å². The highest BCUT2D eigenvalue weighted by molar-refractivity contribution is 7.99. The predicted molar refractivity (Wildman–Crippen MR) is 131 cm³/mol. The number of pyridine rings is 1. The molecule has 1 amide bonds. The van der Waals surface area contributed by atoms with E-state index in [-0.39, 0.29) is 11.7 Å². The maximum absolute atomic E-state index is 12.3. The number of nitrogens with zero attached hydrogens (tertiary/aromatic N) is 5. The number of carbonyl (C=O) groups excluding carboxylic acids is 1. The van der Waals surface area contributed by atoms with Gasteiger partial charge in [0.15, 0.2) is 11.0 Å². The Morgan fingerprint density at radius 3 is 2.26 bits per heavy atom. The molecule has 2 heterocycles. The van der Waals surface area contributed by atoms with Crippen LogP contribution in [0.3, 0.4) is 0 Å². The molecule has 4 rings (SSSR count). The van der Waals surface area contributed by atoms with Gasteiger partial charge in [0.25, 0.3) is 5.91 Å². The van der Waals surface area contributed by atoms with Gasteiger partial charge in [-0.1, -0.05) is 11.8 Å². The number of benzene rings is 2. The largest absolute Gasteiger partial charge is 0.497 e. The SMILES string of the molecule is COc1ccc(-c2nnc(SCC(=O)N/N=C\c3ccncc3)n2-c2ccc(OC)cc2)cc1. The first-order valence-corrected chi connectivity index (χ1v) is 11.3. The van der Waals surface area contributed by atoms with E-state index in [1.807, 2.05) is 53.1 Å². The summed E-state index contributed by atoms with van der Waals surface area (Å²) in [4.78, 5) is 16.3. The number of amides is 1. The molecule has 0 spiro atoms. The molecule has 0 saturated heterocycles. The fourth-order valence-corrected chi connectivity index (χ4v) is 3.79. The molecule has 0 saturated carbocycles. The molecule has 4 aromatic rings. The van der Waals surface area contributed by atoms with Crippen molar-refractivity contribution in [3.8, 4) is 28.6 Å². The van der Waals surface area contributed by atoms with Gasteiger partial charge in [-0.15, -0.1) is 10.2 Å². The Morgan fingerprint density at radius 1 is 0.971 bits per heavy atom. The van der Waals surface area contributed by atoms with E-state index < -0.39 is 0 Å². The van der Waals surface area contributed by atoms with E-state index >= 15 is 0 Å². The van der Waals surface area contributed by atoms with Gasteiger partial charge in [-0.3, -0.25) is 14.3 Å². The van der Waals surface area contributed by atoms with Crippen molar-refractivity contribution < 1.29 is 14.3 Å². The van der Waals surface area contributed by atoms with Gasteiger partial charge in [-0.2, -0.15) is 5.10 Å². The van der Waals surface area contributed by atoms with Crippen LogP contribution in [0.1, 0.15) is 5.56 Å². The summed E-state index contributed by atoms with van der Waals surface area (Å²) in [5.74, 6) is 1.99. The molecule has 2 aromatic heterocycles. The van der Waals surface area contributed by atoms with Crippen LogP contribution < -0.4 is 14.9 Å². The quantitative estimate of drug-likeness (QED) is 0.225. The second-order valence-corrected chi connectivity index (χ2v) is 7.87. The summed E-state index contributed by atoms with van der Waals surface area (Å²) in [6.45, 7) is 0. The minimum atomic E-state index is -0.259. The number of carbonyl (C=O) groups is 1. The lowest BCUT2D eigenvalue weighted by atomic mass is 10.2. The van der Waals surface area contributed by atoms with Crippen molar-refractivity contribution in [2.75, 3.05) is 20.0 Å². The molecule has 9 nitrogen and oxygen atoms in total. The van der Waals surface area contributed by atoms with Crippen molar-refractivity contribution in [3.05, 3.63) is 78.6 Å². The van der Waals surface area contributed by atoms with Crippen molar-refractivity contribution in [3.63, 3.8) is 0 Å². The van der Waals surface area contributed by atoms with Crippen molar-refractivity contribution in [1.82, 2.24) is 25.2 Å². The summed E-state index contributed by atoms with van der Waals surface area (Å²) in [5.41, 5.74) is 5.07. The third kappa shape index (κ3) is 5.59. The first kappa shape index (κ1) is 23.0. The molecule has 0 aliphatic carbocycles. The van der Waals surface area contributed by atoms with Gasteiger partial charge in [-0.05, 0) is 66.2 Å². The summed E-state index contributed by atoms with van der Waals surface area (Å²) in [6, 6.07) is 18.7. The van der Waals surface area contributed by atoms with E-state index in [1.165, 1.54) is 11.8 Å². The average Bonchev–Trinajstić information content (AvgIpc) is 3.32. The molecule has 0 fully saturated rings. The van der Waals surface area contributed by atoms with Crippen LogP contribution in [0.25, 0.3) is 17.1 Å². The molecular formula is C24H22N6O3S. The maximum Gasteiger partial charge on any atom is 0.250 e. The second kappa shape index (κ2) is 11.1. The van der Waals surface area contributed by atoms with Crippen LogP contribution >= 0.6 is 11.8 Å². The van der Waals surface area contributed by atoms with Crippen LogP contribution in [0.15, 0.2) is 83.3 Å². The maximum atomic E-state index is 12.3. The lowest BCUT2D eigenvalue weighted by Crippen LogP contribution is -2.20. The Morgan fingerprint density at radius 2 is 1.62 bits per heavy atom. The van der Waals surface area contributed by atoms with Gasteiger partial charge in [0.1, 0.15) is 11.5 Å². The van der Waals surface area contributed by atoms with E-state index in [1.54, 1.807) is 45.0 Å². The van der Waals surface area contributed by atoms with E-state index in [4.69, 9.17) is 9.47 Å². The van der Waals surface area contributed by atoms with Gasteiger partial charge in [0.05, 0.1) is 26.2 Å². The van der Waals surface area contributed by atoms with Crippen molar-refractivity contribution in [1.29, 1.82) is 0 Å². The van der Waals surface area contributed by atoms with Crippen LogP contribution in [0, 0.1) is 0 Å². The molecule has 172 valence electrons. The number of aromatic nitrogens is 4. The van der Waals surface area contributed by atoms with Gasteiger partial charge < -0.3 is 9.47 Å². The third-order valence-electron chi connectivity index (χ3n) is 4.75. The molecule has 1 N–H and O–H groups in total. The molecule has 2 aromatic carbocycles. The monoisotopic (exact) mass is 474 g/mol. The minimum absolute atomic E-state index is 0.116. The van der Waals surface area contributed by atoms with Crippen LogP contribution in [-0.2, 0) is 4.79 Å². The highest BCUT2D eigenvalue weighted by Crippen LogP contribution is 2.29. The molecule has 0 bridgehead atoms. The molecule has 10 heteroatoms. The van der Waals surface area contributed by atoms with Crippen molar-refractivity contribution in [2.24, 2.45) is 5.10 Å². The summed E-state index contributed by atoms with van der Waals surface area (Å²) in [5, 5.41) is 13.3. The number of rotatable bonds is 9. The van der Waals surface area contributed by atoms with Crippen molar-refractivity contribution >= 4 is 23.9 Å². The van der Waals surface area contributed by atoms with E-state index in [0.717, 1.165) is 28.3 Å². The minimum Gasteiger partial charge on any atom is -0.497 e. The highest BCUT2D eigenvalue weighted by Gasteiger charge is 2.17. The molecule has 0 unspecified atom stereocenters. The normalized spacial score (nSPS) is 10.9. The summed E-state index contributed by atoms with van der Waals surface area (Å²) in [6.07, 6.45) is 4.88. The number of hydrogen-bond donors (Lipinski definition) is 1. The summed E-state index contributed by atoms with van der Waals surface area (Å²) in [7, 11) is 3.24.